The first-order valence-electron chi connectivity index (χ1n) is 5.53. The molecule has 0 unspecified atom stereocenters. The number of aromatic nitrogens is 2. The second kappa shape index (κ2) is 4.28. The molecule has 0 bridgehead atoms. The van der Waals surface area contributed by atoms with Crippen LogP contribution in [-0.4, -0.2) is 9.97 Å². The summed E-state index contributed by atoms with van der Waals surface area (Å²) in [5.41, 5.74) is 1.82. The van der Waals surface area contributed by atoms with Crippen LogP contribution in [0.15, 0.2) is 30.3 Å². The van der Waals surface area contributed by atoms with Crippen molar-refractivity contribution in [2.45, 2.75) is 18.8 Å². The predicted molar refractivity (Wildman–Crippen MR) is 69.5 cm³/mol. The predicted octanol–water partition coefficient (Wildman–Crippen LogP) is 4.33. The van der Waals surface area contributed by atoms with E-state index in [1.54, 1.807) is 6.07 Å². The minimum absolute atomic E-state index is 0.492. The Bertz CT molecular complexity index is 565. The third kappa shape index (κ3) is 2.43. The molecule has 17 heavy (non-hydrogen) atoms. The SMILES string of the molecule is Clc1cccc(-c2cc(Cl)nc(C3CC3)n2)c1. The summed E-state index contributed by atoms with van der Waals surface area (Å²) in [6, 6.07) is 9.39. The Morgan fingerprint density at radius 3 is 2.59 bits per heavy atom. The summed E-state index contributed by atoms with van der Waals surface area (Å²) in [6.45, 7) is 0. The first-order valence-corrected chi connectivity index (χ1v) is 6.28. The van der Waals surface area contributed by atoms with Gasteiger partial charge in [0.2, 0.25) is 0 Å². The molecule has 86 valence electrons. The van der Waals surface area contributed by atoms with Gasteiger partial charge in [0.25, 0.3) is 0 Å². The fraction of sp³-hybridized carbons (Fsp3) is 0.231. The second-order valence-corrected chi connectivity index (χ2v) is 5.04. The molecular weight excluding hydrogens is 255 g/mol. The summed E-state index contributed by atoms with van der Waals surface area (Å²) in [5, 5.41) is 1.20. The molecule has 1 saturated carbocycles. The van der Waals surface area contributed by atoms with E-state index in [1.165, 1.54) is 0 Å². The molecule has 1 aromatic carbocycles. The summed E-state index contributed by atoms with van der Waals surface area (Å²) in [7, 11) is 0. The van der Waals surface area contributed by atoms with E-state index in [-0.39, 0.29) is 0 Å². The first-order chi connectivity index (χ1) is 8.22. The van der Waals surface area contributed by atoms with Crippen LogP contribution in [0, 0.1) is 0 Å². The van der Waals surface area contributed by atoms with E-state index in [1.807, 2.05) is 24.3 Å². The van der Waals surface area contributed by atoms with E-state index in [9.17, 15) is 0 Å². The molecule has 0 aliphatic heterocycles. The Balaban J connectivity index is 2.07. The highest BCUT2D eigenvalue weighted by Crippen LogP contribution is 2.39. The zero-order chi connectivity index (χ0) is 11.8. The van der Waals surface area contributed by atoms with Crippen LogP contribution in [0.4, 0.5) is 0 Å². The largest absolute Gasteiger partial charge is 0.232 e. The Kier molecular flexibility index (Phi) is 2.77. The zero-order valence-electron chi connectivity index (χ0n) is 9.03. The number of rotatable bonds is 2. The van der Waals surface area contributed by atoms with Crippen molar-refractivity contribution in [2.75, 3.05) is 0 Å². The van der Waals surface area contributed by atoms with Gasteiger partial charge in [-0.15, -0.1) is 0 Å². The maximum Gasteiger partial charge on any atom is 0.133 e. The normalized spacial score (nSPS) is 14.9. The molecule has 1 aliphatic carbocycles. The molecule has 1 aromatic heterocycles. The number of benzene rings is 1. The highest BCUT2D eigenvalue weighted by Gasteiger charge is 2.27. The smallest absolute Gasteiger partial charge is 0.133 e. The van der Waals surface area contributed by atoms with Crippen molar-refractivity contribution in [3.8, 4) is 11.3 Å². The number of halogens is 2. The topological polar surface area (TPSA) is 25.8 Å². The second-order valence-electron chi connectivity index (χ2n) is 4.22. The average molecular weight is 265 g/mol. The van der Waals surface area contributed by atoms with Crippen molar-refractivity contribution >= 4 is 23.2 Å². The summed E-state index contributed by atoms with van der Waals surface area (Å²) in [4.78, 5) is 8.82. The van der Waals surface area contributed by atoms with E-state index in [4.69, 9.17) is 23.2 Å². The fourth-order valence-corrected chi connectivity index (χ4v) is 2.14. The molecule has 2 nitrogen and oxygen atoms in total. The van der Waals surface area contributed by atoms with Crippen molar-refractivity contribution < 1.29 is 0 Å². The Labute approximate surface area is 110 Å². The Morgan fingerprint density at radius 2 is 1.88 bits per heavy atom. The lowest BCUT2D eigenvalue weighted by atomic mass is 10.1. The summed E-state index contributed by atoms with van der Waals surface area (Å²) < 4.78 is 0. The van der Waals surface area contributed by atoms with Gasteiger partial charge in [0.15, 0.2) is 0 Å². The van der Waals surface area contributed by atoms with Crippen LogP contribution in [-0.2, 0) is 0 Å². The standard InChI is InChI=1S/C13H10Cl2N2/c14-10-3-1-2-9(6-10)11-7-12(15)17-13(16-11)8-4-5-8/h1-3,6-8H,4-5H2. The van der Waals surface area contributed by atoms with Crippen molar-refractivity contribution in [3.63, 3.8) is 0 Å². The van der Waals surface area contributed by atoms with Gasteiger partial charge >= 0.3 is 0 Å². The molecule has 0 amide bonds. The summed E-state index contributed by atoms with van der Waals surface area (Å²) in [5.74, 6) is 1.35. The summed E-state index contributed by atoms with van der Waals surface area (Å²) in [6.07, 6.45) is 2.32. The van der Waals surface area contributed by atoms with Crippen LogP contribution >= 0.6 is 23.2 Å². The van der Waals surface area contributed by atoms with E-state index < -0.39 is 0 Å². The van der Waals surface area contributed by atoms with Crippen molar-refractivity contribution in [3.05, 3.63) is 46.3 Å². The molecule has 4 heteroatoms. The molecule has 0 radical (unpaired) electrons. The molecular formula is C13H10Cl2N2. The third-order valence-electron chi connectivity index (χ3n) is 2.78. The number of hydrogen-bond donors (Lipinski definition) is 0. The Hall–Kier alpha value is -1.12. The average Bonchev–Trinajstić information content (AvgIpc) is 3.12. The molecule has 0 atom stereocenters. The highest BCUT2D eigenvalue weighted by atomic mass is 35.5. The number of hydrogen-bond acceptors (Lipinski definition) is 2. The molecule has 3 rings (SSSR count). The van der Waals surface area contributed by atoms with Gasteiger partial charge < -0.3 is 0 Å². The van der Waals surface area contributed by atoms with Gasteiger partial charge in [0, 0.05) is 22.6 Å². The van der Waals surface area contributed by atoms with E-state index in [0.717, 1.165) is 29.9 Å². The molecule has 0 spiro atoms. The lowest BCUT2D eigenvalue weighted by Gasteiger charge is -2.04. The molecule has 0 saturated heterocycles. The van der Waals surface area contributed by atoms with Crippen LogP contribution in [0.25, 0.3) is 11.3 Å². The molecule has 2 aromatic rings. The van der Waals surface area contributed by atoms with Crippen LogP contribution in [0.2, 0.25) is 10.2 Å². The Morgan fingerprint density at radius 1 is 1.06 bits per heavy atom. The van der Waals surface area contributed by atoms with Crippen molar-refractivity contribution in [1.82, 2.24) is 9.97 Å². The van der Waals surface area contributed by atoms with Gasteiger partial charge in [-0.25, -0.2) is 9.97 Å². The van der Waals surface area contributed by atoms with Crippen LogP contribution < -0.4 is 0 Å². The van der Waals surface area contributed by atoms with Gasteiger partial charge in [0.05, 0.1) is 5.69 Å². The molecule has 0 N–H and O–H groups in total. The van der Waals surface area contributed by atoms with Gasteiger partial charge in [0.1, 0.15) is 11.0 Å². The van der Waals surface area contributed by atoms with Crippen molar-refractivity contribution in [1.29, 1.82) is 0 Å². The van der Waals surface area contributed by atoms with Gasteiger partial charge in [-0.3, -0.25) is 0 Å². The van der Waals surface area contributed by atoms with Crippen molar-refractivity contribution in [2.24, 2.45) is 0 Å². The minimum atomic E-state index is 0.492. The maximum atomic E-state index is 6.03. The quantitative estimate of drug-likeness (QED) is 0.755. The zero-order valence-corrected chi connectivity index (χ0v) is 10.5. The lowest BCUT2D eigenvalue weighted by molar-refractivity contribution is 0.931. The molecule has 1 heterocycles. The van der Waals surface area contributed by atoms with Gasteiger partial charge in [-0.05, 0) is 25.0 Å². The van der Waals surface area contributed by atoms with Crippen LogP contribution in [0.3, 0.4) is 0 Å². The van der Waals surface area contributed by atoms with Gasteiger partial charge in [-0.2, -0.15) is 0 Å². The van der Waals surface area contributed by atoms with E-state index >= 15 is 0 Å². The van der Waals surface area contributed by atoms with E-state index in [2.05, 4.69) is 9.97 Å². The van der Waals surface area contributed by atoms with Gasteiger partial charge in [-0.1, -0.05) is 35.3 Å². The van der Waals surface area contributed by atoms with Crippen LogP contribution in [0.5, 0.6) is 0 Å². The maximum absolute atomic E-state index is 6.03. The summed E-state index contributed by atoms with van der Waals surface area (Å²) >= 11 is 12.0. The number of nitrogens with zero attached hydrogens (tertiary/aromatic N) is 2. The minimum Gasteiger partial charge on any atom is -0.232 e. The first kappa shape index (κ1) is 11.0. The molecule has 1 aliphatic rings. The molecule has 1 fully saturated rings. The lowest BCUT2D eigenvalue weighted by Crippen LogP contribution is -1.95. The highest BCUT2D eigenvalue weighted by molar-refractivity contribution is 6.31. The monoisotopic (exact) mass is 264 g/mol. The van der Waals surface area contributed by atoms with Crippen LogP contribution in [0.1, 0.15) is 24.6 Å². The third-order valence-corrected chi connectivity index (χ3v) is 3.20. The fourth-order valence-electron chi connectivity index (χ4n) is 1.76. The van der Waals surface area contributed by atoms with E-state index in [0.29, 0.717) is 16.1 Å².